The number of hydrogen-bond donors (Lipinski definition) is 1. The first-order valence-electron chi connectivity index (χ1n) is 6.97. The van der Waals surface area contributed by atoms with Crippen LogP contribution in [-0.2, 0) is 0 Å². The Bertz CT molecular complexity index is 629. The highest BCUT2D eigenvalue weighted by Crippen LogP contribution is 2.18. The highest BCUT2D eigenvalue weighted by Gasteiger charge is 2.22. The summed E-state index contributed by atoms with van der Waals surface area (Å²) in [5.41, 5.74) is 1.33. The first-order valence-corrected chi connectivity index (χ1v) is 6.97. The van der Waals surface area contributed by atoms with Gasteiger partial charge in [-0.05, 0) is 30.8 Å². The van der Waals surface area contributed by atoms with Crippen molar-refractivity contribution in [3.8, 4) is 0 Å². The van der Waals surface area contributed by atoms with E-state index in [0.29, 0.717) is 5.69 Å². The van der Waals surface area contributed by atoms with Gasteiger partial charge in [0.1, 0.15) is 11.5 Å². The molecule has 2 heterocycles. The van der Waals surface area contributed by atoms with Crippen molar-refractivity contribution in [3.05, 3.63) is 35.8 Å². The predicted octanol–water partition coefficient (Wildman–Crippen LogP) is 2.08. The van der Waals surface area contributed by atoms with Gasteiger partial charge in [-0.25, -0.2) is 4.39 Å². The molecule has 20 heavy (non-hydrogen) atoms. The molecule has 4 nitrogen and oxygen atoms in total. The van der Waals surface area contributed by atoms with Gasteiger partial charge < -0.3 is 14.8 Å². The van der Waals surface area contributed by atoms with Crippen LogP contribution in [0.3, 0.4) is 0 Å². The van der Waals surface area contributed by atoms with Crippen molar-refractivity contribution in [1.29, 1.82) is 0 Å². The number of nitrogens with zero attached hydrogens (tertiary/aromatic N) is 2. The summed E-state index contributed by atoms with van der Waals surface area (Å²) in [6.07, 6.45) is 0. The summed E-state index contributed by atoms with van der Waals surface area (Å²) in [6, 6.07) is 6.23. The van der Waals surface area contributed by atoms with Gasteiger partial charge in [0.25, 0.3) is 5.91 Å². The SMILES string of the molecule is CCN1CCN(C(=O)c2cc3cc(F)ccc3[nH]2)CC1. The number of H-pyrrole nitrogens is 1. The van der Waals surface area contributed by atoms with E-state index >= 15 is 0 Å². The van der Waals surface area contributed by atoms with Crippen molar-refractivity contribution in [2.24, 2.45) is 0 Å². The number of halogens is 1. The molecule has 1 aromatic carbocycles. The van der Waals surface area contributed by atoms with Crippen LogP contribution < -0.4 is 0 Å². The minimum Gasteiger partial charge on any atom is -0.351 e. The Kier molecular flexibility index (Phi) is 3.44. The van der Waals surface area contributed by atoms with Gasteiger partial charge in [-0.15, -0.1) is 0 Å². The van der Waals surface area contributed by atoms with E-state index in [2.05, 4.69) is 16.8 Å². The summed E-state index contributed by atoms with van der Waals surface area (Å²) in [7, 11) is 0. The van der Waals surface area contributed by atoms with Gasteiger partial charge in [0, 0.05) is 37.1 Å². The summed E-state index contributed by atoms with van der Waals surface area (Å²) in [5.74, 6) is -0.288. The zero-order valence-electron chi connectivity index (χ0n) is 11.5. The Labute approximate surface area is 117 Å². The second kappa shape index (κ2) is 5.25. The molecule has 3 rings (SSSR count). The van der Waals surface area contributed by atoms with E-state index in [9.17, 15) is 9.18 Å². The Morgan fingerprint density at radius 3 is 2.70 bits per heavy atom. The minimum absolute atomic E-state index is 0.00244. The van der Waals surface area contributed by atoms with Crippen LogP contribution in [0.5, 0.6) is 0 Å². The van der Waals surface area contributed by atoms with Gasteiger partial charge in [-0.3, -0.25) is 4.79 Å². The molecule has 1 fully saturated rings. The number of aromatic amines is 1. The number of nitrogens with one attached hydrogen (secondary N) is 1. The Balaban J connectivity index is 1.79. The molecule has 2 aromatic rings. The number of amides is 1. The van der Waals surface area contributed by atoms with Crippen LogP contribution in [0.1, 0.15) is 17.4 Å². The number of carbonyl (C=O) groups is 1. The average Bonchev–Trinajstić information content (AvgIpc) is 2.89. The Morgan fingerprint density at radius 2 is 2.00 bits per heavy atom. The molecule has 0 aliphatic carbocycles. The number of aromatic nitrogens is 1. The van der Waals surface area contributed by atoms with Gasteiger partial charge in [-0.2, -0.15) is 0 Å². The second-order valence-electron chi connectivity index (χ2n) is 5.14. The van der Waals surface area contributed by atoms with Crippen LogP contribution >= 0.6 is 0 Å². The van der Waals surface area contributed by atoms with E-state index in [-0.39, 0.29) is 11.7 Å². The summed E-state index contributed by atoms with van der Waals surface area (Å²) < 4.78 is 13.2. The molecule has 0 saturated carbocycles. The van der Waals surface area contributed by atoms with Crippen LogP contribution in [-0.4, -0.2) is 53.4 Å². The van der Waals surface area contributed by atoms with Crippen molar-refractivity contribution in [1.82, 2.24) is 14.8 Å². The monoisotopic (exact) mass is 275 g/mol. The molecule has 1 amide bonds. The van der Waals surface area contributed by atoms with Crippen molar-refractivity contribution < 1.29 is 9.18 Å². The van der Waals surface area contributed by atoms with Crippen molar-refractivity contribution in [3.63, 3.8) is 0 Å². The lowest BCUT2D eigenvalue weighted by Crippen LogP contribution is -2.48. The summed E-state index contributed by atoms with van der Waals surface area (Å²) in [6.45, 7) is 6.47. The normalized spacial score (nSPS) is 16.8. The molecule has 5 heteroatoms. The van der Waals surface area contributed by atoms with E-state index in [4.69, 9.17) is 0 Å². The Hall–Kier alpha value is -1.88. The molecule has 1 aromatic heterocycles. The number of carbonyl (C=O) groups excluding carboxylic acids is 1. The fraction of sp³-hybridized carbons (Fsp3) is 0.400. The number of likely N-dealkylation sites (N-methyl/N-ethyl adjacent to an activating group) is 1. The maximum atomic E-state index is 13.2. The fourth-order valence-electron chi connectivity index (χ4n) is 2.66. The molecule has 1 aliphatic heterocycles. The first kappa shape index (κ1) is 13.1. The van der Waals surface area contributed by atoms with Crippen LogP contribution in [0.25, 0.3) is 10.9 Å². The maximum Gasteiger partial charge on any atom is 0.270 e. The molecule has 0 unspecified atom stereocenters. The molecule has 1 saturated heterocycles. The standard InChI is InChI=1S/C15H18FN3O/c1-2-18-5-7-19(8-6-18)15(20)14-10-11-9-12(16)3-4-13(11)17-14/h3-4,9-10,17H,2,5-8H2,1H3. The fourth-order valence-corrected chi connectivity index (χ4v) is 2.66. The molecule has 0 spiro atoms. The number of fused-ring (bicyclic) bond motifs is 1. The third kappa shape index (κ3) is 2.41. The zero-order valence-corrected chi connectivity index (χ0v) is 11.5. The second-order valence-corrected chi connectivity index (χ2v) is 5.14. The molecule has 0 radical (unpaired) electrons. The van der Waals surface area contributed by atoms with Gasteiger partial charge in [0.05, 0.1) is 0 Å². The highest BCUT2D eigenvalue weighted by atomic mass is 19.1. The minimum atomic E-state index is -0.285. The molecular weight excluding hydrogens is 257 g/mol. The number of piperazine rings is 1. The van der Waals surface area contributed by atoms with Gasteiger partial charge >= 0.3 is 0 Å². The first-order chi connectivity index (χ1) is 9.67. The number of hydrogen-bond acceptors (Lipinski definition) is 2. The molecule has 0 atom stereocenters. The van der Waals surface area contributed by atoms with Crippen molar-refractivity contribution >= 4 is 16.8 Å². The van der Waals surface area contributed by atoms with E-state index in [0.717, 1.165) is 43.6 Å². The summed E-state index contributed by atoms with van der Waals surface area (Å²) in [5, 5.41) is 0.737. The third-order valence-electron chi connectivity index (χ3n) is 3.92. The lowest BCUT2D eigenvalue weighted by Gasteiger charge is -2.33. The lowest BCUT2D eigenvalue weighted by atomic mass is 10.2. The van der Waals surface area contributed by atoms with E-state index in [1.165, 1.54) is 12.1 Å². The number of benzene rings is 1. The van der Waals surface area contributed by atoms with Crippen molar-refractivity contribution in [2.45, 2.75) is 6.92 Å². The smallest absolute Gasteiger partial charge is 0.270 e. The zero-order chi connectivity index (χ0) is 14.1. The van der Waals surface area contributed by atoms with Crippen LogP contribution in [0.15, 0.2) is 24.3 Å². The highest BCUT2D eigenvalue weighted by molar-refractivity contribution is 5.98. The molecule has 1 N–H and O–H groups in total. The maximum absolute atomic E-state index is 13.2. The van der Waals surface area contributed by atoms with Crippen LogP contribution in [0.4, 0.5) is 4.39 Å². The van der Waals surface area contributed by atoms with E-state index in [1.54, 1.807) is 12.1 Å². The molecule has 106 valence electrons. The topological polar surface area (TPSA) is 39.3 Å². The Morgan fingerprint density at radius 1 is 1.25 bits per heavy atom. The molecular formula is C15H18FN3O. The van der Waals surface area contributed by atoms with Gasteiger partial charge in [-0.1, -0.05) is 6.92 Å². The summed E-state index contributed by atoms with van der Waals surface area (Å²) >= 11 is 0. The largest absolute Gasteiger partial charge is 0.351 e. The summed E-state index contributed by atoms with van der Waals surface area (Å²) in [4.78, 5) is 19.7. The van der Waals surface area contributed by atoms with Gasteiger partial charge in [0.15, 0.2) is 0 Å². The quantitative estimate of drug-likeness (QED) is 0.911. The lowest BCUT2D eigenvalue weighted by molar-refractivity contribution is 0.0638. The van der Waals surface area contributed by atoms with Crippen molar-refractivity contribution in [2.75, 3.05) is 32.7 Å². The van der Waals surface area contributed by atoms with E-state index < -0.39 is 0 Å². The van der Waals surface area contributed by atoms with E-state index in [1.807, 2.05) is 4.90 Å². The number of rotatable bonds is 2. The average molecular weight is 275 g/mol. The van der Waals surface area contributed by atoms with Crippen LogP contribution in [0.2, 0.25) is 0 Å². The van der Waals surface area contributed by atoms with Gasteiger partial charge in [0.2, 0.25) is 0 Å². The third-order valence-corrected chi connectivity index (χ3v) is 3.92. The van der Waals surface area contributed by atoms with Crippen LogP contribution in [0, 0.1) is 5.82 Å². The molecule has 0 bridgehead atoms. The molecule has 1 aliphatic rings. The predicted molar refractivity (Wildman–Crippen MR) is 76.3 cm³/mol.